The molecule has 1 aromatic heterocycles. The summed E-state index contributed by atoms with van der Waals surface area (Å²) < 4.78 is 27.2. The summed E-state index contributed by atoms with van der Waals surface area (Å²) in [5.41, 5.74) is 1.02. The van der Waals surface area contributed by atoms with Gasteiger partial charge in [-0.1, -0.05) is 12.2 Å². The molecule has 8 nitrogen and oxygen atoms in total. The zero-order valence-corrected chi connectivity index (χ0v) is 21.6. The maximum absolute atomic E-state index is 12.6. The molecule has 0 saturated carbocycles. The fourth-order valence-corrected chi connectivity index (χ4v) is 5.56. The number of carbonyl (C=O) groups excluding carboxylic acids is 1. The summed E-state index contributed by atoms with van der Waals surface area (Å²) in [4.78, 5) is 22.3. The second kappa shape index (κ2) is 9.87. The fraction of sp³-hybridized carbons (Fsp3) is 0.773. The van der Waals surface area contributed by atoms with Crippen LogP contribution in [0.15, 0.2) is 0 Å². The van der Waals surface area contributed by atoms with E-state index in [0.29, 0.717) is 35.1 Å². The van der Waals surface area contributed by atoms with Crippen molar-refractivity contribution in [2.24, 2.45) is 11.3 Å². The van der Waals surface area contributed by atoms with Crippen molar-refractivity contribution >= 4 is 35.0 Å². The van der Waals surface area contributed by atoms with Crippen molar-refractivity contribution in [3.05, 3.63) is 16.0 Å². The number of aryl methyl sites for hydroxylation is 1. The maximum atomic E-state index is 12.6. The normalized spacial score (nSPS) is 22.7. The predicted octanol–water partition coefficient (Wildman–Crippen LogP) is 3.30. The molecule has 180 valence electrons. The Hall–Kier alpha value is -1.36. The molecule has 3 unspecified atom stereocenters. The third kappa shape index (κ3) is 5.24. The van der Waals surface area contributed by atoms with E-state index < -0.39 is 17.0 Å². The van der Waals surface area contributed by atoms with E-state index in [1.807, 2.05) is 27.7 Å². The molecule has 2 saturated heterocycles. The van der Waals surface area contributed by atoms with E-state index in [0.717, 1.165) is 25.9 Å². The molecule has 2 aliphatic heterocycles. The van der Waals surface area contributed by atoms with Crippen molar-refractivity contribution in [3.63, 3.8) is 0 Å². The molecule has 1 spiro atoms. The van der Waals surface area contributed by atoms with Crippen molar-refractivity contribution in [1.29, 1.82) is 0 Å². The number of anilines is 1. The fourth-order valence-electron chi connectivity index (χ4n) is 4.55. The minimum atomic E-state index is -1.13. The third-order valence-corrected chi connectivity index (χ3v) is 8.62. The first-order chi connectivity index (χ1) is 15.0. The molecule has 0 radical (unpaired) electrons. The van der Waals surface area contributed by atoms with Crippen LogP contribution >= 0.6 is 12.2 Å². The van der Waals surface area contributed by atoms with E-state index in [1.165, 1.54) is 0 Å². The molecular weight excluding hydrogens is 448 g/mol. The largest absolute Gasteiger partial charge is 0.461 e. The van der Waals surface area contributed by atoms with E-state index in [4.69, 9.17) is 21.7 Å². The van der Waals surface area contributed by atoms with Gasteiger partial charge < -0.3 is 19.4 Å². The Morgan fingerprint density at radius 3 is 2.69 bits per heavy atom. The van der Waals surface area contributed by atoms with Crippen molar-refractivity contribution in [3.8, 4) is 0 Å². The predicted molar refractivity (Wildman–Crippen MR) is 129 cm³/mol. The molecule has 0 bridgehead atoms. The van der Waals surface area contributed by atoms with Gasteiger partial charge in [0.15, 0.2) is 11.5 Å². The van der Waals surface area contributed by atoms with Gasteiger partial charge in [0.25, 0.3) is 0 Å². The van der Waals surface area contributed by atoms with Gasteiger partial charge in [-0.3, -0.25) is 0 Å². The molecule has 1 aromatic rings. The van der Waals surface area contributed by atoms with Crippen molar-refractivity contribution in [2.45, 2.75) is 65.2 Å². The van der Waals surface area contributed by atoms with E-state index >= 15 is 0 Å². The van der Waals surface area contributed by atoms with Gasteiger partial charge in [0.1, 0.15) is 4.64 Å². The van der Waals surface area contributed by atoms with Gasteiger partial charge in [-0.25, -0.2) is 18.7 Å². The average molecular weight is 485 g/mol. The van der Waals surface area contributed by atoms with Gasteiger partial charge in [-0.2, -0.15) is 0 Å². The summed E-state index contributed by atoms with van der Waals surface area (Å²) in [6, 6.07) is 0.0763. The SMILES string of the molecule is CCOC(=O)c1[nH]c(=S)c(C)nc1N1CCC2(CC1)COCC2C(C)NS(=O)C(C)(C)C. The molecule has 3 atom stereocenters. The molecule has 3 rings (SSSR count). The lowest BCUT2D eigenvalue weighted by atomic mass is 9.68. The molecule has 10 heteroatoms. The molecule has 0 aromatic carbocycles. The zero-order valence-electron chi connectivity index (χ0n) is 19.9. The highest BCUT2D eigenvalue weighted by molar-refractivity contribution is 7.84. The zero-order chi connectivity index (χ0) is 23.7. The van der Waals surface area contributed by atoms with Crippen LogP contribution in [0.3, 0.4) is 0 Å². The minimum Gasteiger partial charge on any atom is -0.461 e. The van der Waals surface area contributed by atoms with Gasteiger partial charge in [0, 0.05) is 30.5 Å². The van der Waals surface area contributed by atoms with E-state index in [9.17, 15) is 9.00 Å². The number of nitrogens with zero attached hydrogens (tertiary/aromatic N) is 2. The highest BCUT2D eigenvalue weighted by Gasteiger charge is 2.49. The number of nitrogens with one attached hydrogen (secondary N) is 2. The molecular formula is C22H36N4O4S2. The smallest absolute Gasteiger partial charge is 0.358 e. The highest BCUT2D eigenvalue weighted by Crippen LogP contribution is 2.46. The third-order valence-electron chi connectivity index (χ3n) is 6.53. The summed E-state index contributed by atoms with van der Waals surface area (Å²) in [5.74, 6) is 0.433. The lowest BCUT2D eigenvalue weighted by Gasteiger charge is -2.44. The summed E-state index contributed by atoms with van der Waals surface area (Å²) in [6.45, 7) is 14.8. The van der Waals surface area contributed by atoms with E-state index in [-0.39, 0.29) is 28.7 Å². The second-order valence-corrected chi connectivity index (χ2v) is 12.2. The van der Waals surface area contributed by atoms with Crippen molar-refractivity contribution in [1.82, 2.24) is 14.7 Å². The molecule has 32 heavy (non-hydrogen) atoms. The van der Waals surface area contributed by atoms with Gasteiger partial charge in [0.2, 0.25) is 0 Å². The quantitative estimate of drug-likeness (QED) is 0.472. The van der Waals surface area contributed by atoms with Crippen LogP contribution in [0.25, 0.3) is 0 Å². The lowest BCUT2D eigenvalue weighted by molar-refractivity contribution is 0.0519. The first kappa shape index (κ1) is 25.3. The van der Waals surface area contributed by atoms with Crippen LogP contribution in [-0.2, 0) is 20.5 Å². The Morgan fingerprint density at radius 1 is 1.44 bits per heavy atom. The van der Waals surface area contributed by atoms with Crippen LogP contribution in [0.1, 0.15) is 63.6 Å². The Bertz CT molecular complexity index is 919. The van der Waals surface area contributed by atoms with Crippen LogP contribution in [0.2, 0.25) is 0 Å². The average Bonchev–Trinajstić information content (AvgIpc) is 3.13. The molecule has 2 fully saturated rings. The van der Waals surface area contributed by atoms with Crippen molar-refractivity contribution < 1.29 is 18.5 Å². The molecule has 3 heterocycles. The van der Waals surface area contributed by atoms with Gasteiger partial charge in [-0.15, -0.1) is 0 Å². The monoisotopic (exact) mass is 484 g/mol. The first-order valence-electron chi connectivity index (χ1n) is 11.3. The summed E-state index contributed by atoms with van der Waals surface area (Å²) in [6.07, 6.45) is 1.81. The maximum Gasteiger partial charge on any atom is 0.358 e. The molecule has 0 aliphatic carbocycles. The highest BCUT2D eigenvalue weighted by atomic mass is 32.2. The number of aromatic nitrogens is 2. The summed E-state index contributed by atoms with van der Waals surface area (Å²) >= 11 is 5.30. The van der Waals surface area contributed by atoms with Crippen LogP contribution in [0.5, 0.6) is 0 Å². The molecule has 0 amide bonds. The summed E-state index contributed by atoms with van der Waals surface area (Å²) in [7, 11) is -1.13. The minimum absolute atomic E-state index is 0.0196. The Balaban J connectivity index is 1.77. The first-order valence-corrected chi connectivity index (χ1v) is 12.8. The van der Waals surface area contributed by atoms with Crippen LogP contribution in [-0.4, -0.2) is 63.8 Å². The van der Waals surface area contributed by atoms with Crippen LogP contribution in [0, 0.1) is 22.9 Å². The topological polar surface area (TPSA) is 96.6 Å². The number of rotatable bonds is 6. The number of esters is 1. The lowest BCUT2D eigenvalue weighted by Crippen LogP contribution is -2.51. The Kier molecular flexibility index (Phi) is 7.79. The van der Waals surface area contributed by atoms with E-state index in [1.54, 1.807) is 6.92 Å². The van der Waals surface area contributed by atoms with Crippen LogP contribution in [0.4, 0.5) is 5.82 Å². The van der Waals surface area contributed by atoms with Gasteiger partial charge in [-0.05, 0) is 54.4 Å². The standard InChI is InChI=1S/C22H36N4O4S2/c1-7-30-20(27)17-18(23-15(3)19(31)24-17)26-10-8-22(9-11-26)13-29-12-16(22)14(2)25-32(28)21(4,5)6/h14,16,25H,7-13H2,1-6H3,(H,24,31). The molecule has 2 N–H and O–H groups in total. The van der Waals surface area contributed by atoms with Crippen LogP contribution < -0.4 is 9.62 Å². The number of carbonyl (C=O) groups is 1. The number of ether oxygens (including phenoxy) is 2. The number of piperidine rings is 1. The number of aromatic amines is 1. The Morgan fingerprint density at radius 2 is 2.09 bits per heavy atom. The number of H-pyrrole nitrogens is 1. The molecule has 2 aliphatic rings. The Labute approximate surface area is 198 Å². The van der Waals surface area contributed by atoms with Crippen molar-refractivity contribution in [2.75, 3.05) is 37.8 Å². The summed E-state index contributed by atoms with van der Waals surface area (Å²) in [5, 5.41) is 0. The number of hydrogen-bond donors (Lipinski definition) is 2. The van der Waals surface area contributed by atoms with E-state index in [2.05, 4.69) is 26.5 Å². The van der Waals surface area contributed by atoms with Gasteiger partial charge in [0.05, 0.1) is 41.2 Å². The second-order valence-electron chi connectivity index (χ2n) is 9.83. The number of hydrogen-bond acceptors (Lipinski definition) is 7. The van der Waals surface area contributed by atoms with Gasteiger partial charge >= 0.3 is 5.97 Å².